The van der Waals surface area contributed by atoms with Crippen LogP contribution in [-0.2, 0) is 4.79 Å². The van der Waals surface area contributed by atoms with Crippen LogP contribution in [0.2, 0.25) is 0 Å². The lowest BCUT2D eigenvalue weighted by molar-refractivity contribution is -0.125. The Morgan fingerprint density at radius 1 is 1.48 bits per heavy atom. The van der Waals surface area contributed by atoms with E-state index in [4.69, 9.17) is 28.8 Å². The molecule has 2 heterocycles. The van der Waals surface area contributed by atoms with Crippen molar-refractivity contribution in [2.75, 3.05) is 0 Å². The zero-order chi connectivity index (χ0) is 16.4. The van der Waals surface area contributed by atoms with Crippen LogP contribution < -0.4 is 5.32 Å². The van der Waals surface area contributed by atoms with Gasteiger partial charge in [0, 0.05) is 33.7 Å². The highest BCUT2D eigenvalue weighted by Gasteiger charge is 2.31. The monoisotopic (exact) mass is 364 g/mol. The van der Waals surface area contributed by atoms with Crippen molar-refractivity contribution in [3.8, 4) is 22.6 Å². The Balaban J connectivity index is 1.86. The third-order valence-electron chi connectivity index (χ3n) is 3.27. The lowest BCUT2D eigenvalue weighted by Gasteiger charge is -2.27. The normalized spacial score (nSPS) is 17.5. The molecular weight excluding hydrogens is 355 g/mol. The van der Waals surface area contributed by atoms with Crippen molar-refractivity contribution in [3.05, 3.63) is 40.2 Å². The van der Waals surface area contributed by atoms with E-state index in [0.717, 1.165) is 26.2 Å². The molecule has 0 aliphatic carbocycles. The zero-order valence-corrected chi connectivity index (χ0v) is 14.0. The Morgan fingerprint density at radius 2 is 2.30 bits per heavy atom. The van der Waals surface area contributed by atoms with Gasteiger partial charge in [-0.3, -0.25) is 10.2 Å². The van der Waals surface area contributed by atoms with Gasteiger partial charge in [-0.25, -0.2) is 4.98 Å². The number of hydrogen-bond acceptors (Lipinski definition) is 4. The molecule has 1 aromatic heterocycles. The standard InChI is InChI=1S/C15H10Cl2N4OS/c16-5-4-9-2-1-3-10(6-9)12-8-23-14(19-12)11-7-13(22)21(17)15(18)20-11/h1-3,6,8,11H,7H2,(H2,18,20)/t11-/m0/s1. The van der Waals surface area contributed by atoms with Gasteiger partial charge in [0.15, 0.2) is 0 Å². The van der Waals surface area contributed by atoms with E-state index >= 15 is 0 Å². The van der Waals surface area contributed by atoms with Gasteiger partial charge < -0.3 is 5.32 Å². The van der Waals surface area contributed by atoms with Crippen molar-refractivity contribution >= 4 is 46.6 Å². The van der Waals surface area contributed by atoms with Gasteiger partial charge in [0.25, 0.3) is 0 Å². The van der Waals surface area contributed by atoms with Crippen LogP contribution in [0.5, 0.6) is 0 Å². The fourth-order valence-electron chi connectivity index (χ4n) is 2.19. The quantitative estimate of drug-likeness (QED) is 0.634. The molecule has 5 nitrogen and oxygen atoms in total. The first-order chi connectivity index (χ1) is 11.1. The third-order valence-corrected chi connectivity index (χ3v) is 4.69. The second kappa shape index (κ2) is 6.59. The maximum Gasteiger partial charge on any atom is 0.246 e. The lowest BCUT2D eigenvalue weighted by atomic mass is 10.1. The number of benzene rings is 1. The molecule has 1 aliphatic rings. The Kier molecular flexibility index (Phi) is 4.53. The first kappa shape index (κ1) is 15.8. The summed E-state index contributed by atoms with van der Waals surface area (Å²) in [5, 5.41) is 15.5. The maximum atomic E-state index is 11.7. The number of carbonyl (C=O) groups is 1. The fourth-order valence-corrected chi connectivity index (χ4v) is 3.30. The third kappa shape index (κ3) is 3.32. The molecule has 0 saturated carbocycles. The second-order valence-corrected chi connectivity index (χ2v) is 6.21. The molecule has 2 aromatic rings. The van der Waals surface area contributed by atoms with Gasteiger partial charge in [-0.05, 0) is 29.7 Å². The summed E-state index contributed by atoms with van der Waals surface area (Å²) >= 11 is 12.5. The molecule has 23 heavy (non-hydrogen) atoms. The van der Waals surface area contributed by atoms with Gasteiger partial charge in [-0.15, -0.1) is 11.3 Å². The zero-order valence-electron chi connectivity index (χ0n) is 11.6. The topological polar surface area (TPSA) is 69.1 Å². The van der Waals surface area contributed by atoms with E-state index in [0.29, 0.717) is 0 Å². The molecule has 8 heteroatoms. The Bertz CT molecular complexity index is 821. The lowest BCUT2D eigenvalue weighted by Crippen LogP contribution is -2.47. The van der Waals surface area contributed by atoms with Gasteiger partial charge in [0.05, 0.1) is 18.2 Å². The highest BCUT2D eigenvalue weighted by Crippen LogP contribution is 2.29. The number of carbonyl (C=O) groups excluding carboxylic acids is 1. The van der Waals surface area contributed by atoms with E-state index in [-0.39, 0.29) is 24.3 Å². The van der Waals surface area contributed by atoms with Crippen molar-refractivity contribution in [3.63, 3.8) is 0 Å². The molecule has 0 bridgehead atoms. The molecule has 1 aliphatic heterocycles. The van der Waals surface area contributed by atoms with Crippen molar-refractivity contribution < 1.29 is 4.79 Å². The Morgan fingerprint density at radius 3 is 3.04 bits per heavy atom. The molecule has 0 spiro atoms. The molecule has 1 fully saturated rings. The second-order valence-electron chi connectivity index (χ2n) is 4.80. The van der Waals surface area contributed by atoms with E-state index in [9.17, 15) is 4.79 Å². The van der Waals surface area contributed by atoms with Crippen molar-refractivity contribution in [1.82, 2.24) is 14.7 Å². The molecule has 1 saturated heterocycles. The number of halogens is 2. The summed E-state index contributed by atoms with van der Waals surface area (Å²) in [5.74, 6) is 2.33. The summed E-state index contributed by atoms with van der Waals surface area (Å²) in [4.78, 5) is 16.3. The van der Waals surface area contributed by atoms with E-state index < -0.39 is 0 Å². The van der Waals surface area contributed by atoms with Crippen LogP contribution in [0.4, 0.5) is 0 Å². The SMILES string of the molecule is N=C1N[C@H](c2nc(-c3cccc(C#CCl)c3)cs2)CC(=O)N1Cl. The van der Waals surface area contributed by atoms with Crippen LogP contribution in [0.3, 0.4) is 0 Å². The van der Waals surface area contributed by atoms with Gasteiger partial charge >= 0.3 is 0 Å². The molecule has 116 valence electrons. The number of guanidine groups is 1. The summed E-state index contributed by atoms with van der Waals surface area (Å²) < 4.78 is 0.777. The summed E-state index contributed by atoms with van der Waals surface area (Å²) in [7, 11) is 0. The van der Waals surface area contributed by atoms with Gasteiger partial charge in [-0.1, -0.05) is 12.1 Å². The first-order valence-electron chi connectivity index (χ1n) is 6.60. The van der Waals surface area contributed by atoms with Crippen LogP contribution in [-0.4, -0.2) is 21.3 Å². The van der Waals surface area contributed by atoms with E-state index in [1.165, 1.54) is 11.3 Å². The fraction of sp³-hybridized carbons (Fsp3) is 0.133. The molecule has 0 unspecified atom stereocenters. The predicted octanol–water partition coefficient (Wildman–Crippen LogP) is 3.31. The van der Waals surface area contributed by atoms with Crippen LogP contribution in [0.1, 0.15) is 23.0 Å². The number of nitrogens with zero attached hydrogens (tertiary/aromatic N) is 2. The first-order valence-corrected chi connectivity index (χ1v) is 8.19. The molecule has 1 amide bonds. The summed E-state index contributed by atoms with van der Waals surface area (Å²) in [6.45, 7) is 0. The molecule has 3 rings (SSSR count). The summed E-state index contributed by atoms with van der Waals surface area (Å²) in [6.07, 6.45) is 0.163. The van der Waals surface area contributed by atoms with Gasteiger partial charge in [0.1, 0.15) is 5.01 Å². The van der Waals surface area contributed by atoms with Gasteiger partial charge in [-0.2, -0.15) is 4.42 Å². The number of hydrogen-bond donors (Lipinski definition) is 2. The Labute approximate surface area is 146 Å². The van der Waals surface area contributed by atoms with Crippen LogP contribution in [0, 0.1) is 16.7 Å². The molecule has 2 N–H and O–H groups in total. The van der Waals surface area contributed by atoms with E-state index in [2.05, 4.69) is 21.6 Å². The molecule has 1 aromatic carbocycles. The van der Waals surface area contributed by atoms with Crippen LogP contribution >= 0.6 is 34.7 Å². The average Bonchev–Trinajstić information content (AvgIpc) is 3.03. The molecule has 0 radical (unpaired) electrons. The number of rotatable bonds is 2. The van der Waals surface area contributed by atoms with E-state index in [1.807, 2.05) is 29.6 Å². The molecular formula is C15H10Cl2N4OS. The van der Waals surface area contributed by atoms with Crippen LogP contribution in [0.25, 0.3) is 11.3 Å². The maximum absolute atomic E-state index is 11.7. The van der Waals surface area contributed by atoms with Crippen LogP contribution in [0.15, 0.2) is 29.6 Å². The smallest absolute Gasteiger partial charge is 0.246 e. The minimum absolute atomic E-state index is 0.135. The minimum Gasteiger partial charge on any atom is -0.345 e. The van der Waals surface area contributed by atoms with Gasteiger partial charge in [0.2, 0.25) is 11.9 Å². The van der Waals surface area contributed by atoms with E-state index in [1.54, 1.807) is 0 Å². The van der Waals surface area contributed by atoms with Crippen molar-refractivity contribution in [2.45, 2.75) is 12.5 Å². The highest BCUT2D eigenvalue weighted by atomic mass is 35.5. The predicted molar refractivity (Wildman–Crippen MR) is 91.2 cm³/mol. The average molecular weight is 365 g/mol. The number of nitrogens with one attached hydrogen (secondary N) is 2. The van der Waals surface area contributed by atoms with Crippen molar-refractivity contribution in [2.24, 2.45) is 0 Å². The minimum atomic E-state index is -0.338. The number of amides is 1. The number of thiazole rings is 1. The summed E-state index contributed by atoms with van der Waals surface area (Å²) in [5.41, 5.74) is 2.51. The largest absolute Gasteiger partial charge is 0.345 e. The van der Waals surface area contributed by atoms with Crippen molar-refractivity contribution in [1.29, 1.82) is 5.41 Å². The number of aromatic nitrogens is 1. The Hall–Kier alpha value is -2.07. The highest BCUT2D eigenvalue weighted by molar-refractivity contribution is 7.10. The summed E-state index contributed by atoms with van der Waals surface area (Å²) in [6, 6.07) is 7.24. The molecule has 1 atom stereocenters.